The Balaban J connectivity index is 0.00000225. The van der Waals surface area contributed by atoms with Crippen LogP contribution in [-0.4, -0.2) is 0 Å². The van der Waals surface area contributed by atoms with Crippen LogP contribution in [0.4, 0.5) is 8.78 Å². The number of hydrogen-bond acceptors (Lipinski definition) is 1. The van der Waals surface area contributed by atoms with E-state index in [4.69, 9.17) is 5.73 Å². The molecule has 0 spiro atoms. The van der Waals surface area contributed by atoms with E-state index in [1.165, 1.54) is 12.1 Å². The predicted octanol–water partition coefficient (Wildman–Crippen LogP) is 3.82. The van der Waals surface area contributed by atoms with Crippen LogP contribution in [0.5, 0.6) is 0 Å². The van der Waals surface area contributed by atoms with Crippen molar-refractivity contribution in [1.82, 2.24) is 0 Å². The monoisotopic (exact) mass is 249 g/mol. The number of nitrogens with two attached hydrogens (primary N) is 1. The van der Waals surface area contributed by atoms with Crippen molar-refractivity contribution in [1.29, 1.82) is 0 Å². The van der Waals surface area contributed by atoms with Gasteiger partial charge in [-0.3, -0.25) is 0 Å². The van der Waals surface area contributed by atoms with E-state index >= 15 is 0 Å². The van der Waals surface area contributed by atoms with E-state index in [1.807, 2.05) is 0 Å². The molecule has 0 aliphatic heterocycles. The Morgan fingerprint density at radius 3 is 2.31 bits per heavy atom. The lowest BCUT2D eigenvalue weighted by atomic mass is 9.98. The van der Waals surface area contributed by atoms with Gasteiger partial charge in [0.1, 0.15) is 11.6 Å². The van der Waals surface area contributed by atoms with Gasteiger partial charge in [-0.1, -0.05) is 19.9 Å². The summed E-state index contributed by atoms with van der Waals surface area (Å²) in [5.74, 6) is -0.571. The molecule has 0 bridgehead atoms. The highest BCUT2D eigenvalue weighted by atomic mass is 35.5. The Bertz CT molecular complexity index is 329. The van der Waals surface area contributed by atoms with Crippen molar-refractivity contribution < 1.29 is 8.78 Å². The van der Waals surface area contributed by atoms with Crippen LogP contribution in [0.15, 0.2) is 18.2 Å². The molecule has 0 radical (unpaired) electrons. The summed E-state index contributed by atoms with van der Waals surface area (Å²) in [6.45, 7) is 4.18. The fourth-order valence-electron chi connectivity index (χ4n) is 1.47. The topological polar surface area (TPSA) is 26.0 Å². The maximum Gasteiger partial charge on any atom is 0.130 e. The van der Waals surface area contributed by atoms with Gasteiger partial charge in [0, 0.05) is 17.7 Å². The van der Waals surface area contributed by atoms with Crippen LogP contribution in [0.1, 0.15) is 38.3 Å². The minimum absolute atomic E-state index is 0. The average molecular weight is 250 g/mol. The Kier molecular flexibility index (Phi) is 6.53. The minimum Gasteiger partial charge on any atom is -0.324 e. The summed E-state index contributed by atoms with van der Waals surface area (Å²) in [7, 11) is 0. The molecule has 1 atom stereocenters. The van der Waals surface area contributed by atoms with Crippen molar-refractivity contribution in [3.8, 4) is 0 Å². The zero-order chi connectivity index (χ0) is 11.4. The third-order valence-corrected chi connectivity index (χ3v) is 2.42. The molecule has 0 saturated heterocycles. The highest BCUT2D eigenvalue weighted by Gasteiger charge is 2.12. The third kappa shape index (κ3) is 4.45. The van der Waals surface area contributed by atoms with Gasteiger partial charge in [-0.2, -0.15) is 0 Å². The van der Waals surface area contributed by atoms with E-state index in [0.29, 0.717) is 11.5 Å². The summed E-state index contributed by atoms with van der Waals surface area (Å²) >= 11 is 0. The number of rotatable bonds is 4. The first kappa shape index (κ1) is 15.3. The molecule has 1 unspecified atom stereocenters. The summed E-state index contributed by atoms with van der Waals surface area (Å²) in [4.78, 5) is 0. The fraction of sp³-hybridized carbons (Fsp3) is 0.500. The molecule has 1 rings (SSSR count). The number of hydrogen-bond donors (Lipinski definition) is 1. The van der Waals surface area contributed by atoms with Gasteiger partial charge in [0.25, 0.3) is 0 Å². The normalized spacial score (nSPS) is 12.4. The van der Waals surface area contributed by atoms with Crippen molar-refractivity contribution in [3.05, 3.63) is 35.4 Å². The van der Waals surface area contributed by atoms with E-state index < -0.39 is 11.6 Å². The predicted molar refractivity (Wildman–Crippen MR) is 64.6 cm³/mol. The van der Waals surface area contributed by atoms with E-state index in [1.54, 1.807) is 0 Å². The molecule has 0 aliphatic carbocycles. The van der Waals surface area contributed by atoms with Crippen LogP contribution in [0, 0.1) is 17.6 Å². The van der Waals surface area contributed by atoms with Crippen LogP contribution in [-0.2, 0) is 0 Å². The van der Waals surface area contributed by atoms with Gasteiger partial charge in [0.2, 0.25) is 0 Å². The Hall–Kier alpha value is -0.670. The molecule has 2 N–H and O–H groups in total. The molecule has 16 heavy (non-hydrogen) atoms. The second kappa shape index (κ2) is 6.81. The third-order valence-electron chi connectivity index (χ3n) is 2.42. The van der Waals surface area contributed by atoms with Gasteiger partial charge >= 0.3 is 0 Å². The van der Waals surface area contributed by atoms with E-state index in [-0.39, 0.29) is 18.4 Å². The van der Waals surface area contributed by atoms with Gasteiger partial charge in [0.15, 0.2) is 0 Å². The van der Waals surface area contributed by atoms with E-state index in [0.717, 1.165) is 18.9 Å². The average Bonchev–Trinajstić information content (AvgIpc) is 2.14. The molecule has 0 aliphatic rings. The quantitative estimate of drug-likeness (QED) is 0.863. The number of benzene rings is 1. The largest absolute Gasteiger partial charge is 0.324 e. The standard InChI is InChI=1S/C12H17F2N.ClH/c1-8(2)3-6-12(15)10-5-4-9(13)7-11(10)14;/h4-5,7-8,12H,3,6,15H2,1-2H3;1H. The molecule has 92 valence electrons. The summed E-state index contributed by atoms with van der Waals surface area (Å²) in [5, 5.41) is 0. The molecule has 0 heterocycles. The summed E-state index contributed by atoms with van der Waals surface area (Å²) < 4.78 is 25.9. The molecule has 0 fully saturated rings. The van der Waals surface area contributed by atoms with Crippen molar-refractivity contribution >= 4 is 12.4 Å². The van der Waals surface area contributed by atoms with Crippen LogP contribution < -0.4 is 5.73 Å². The first-order valence-electron chi connectivity index (χ1n) is 5.21. The van der Waals surface area contributed by atoms with Crippen LogP contribution in [0.2, 0.25) is 0 Å². The van der Waals surface area contributed by atoms with Gasteiger partial charge in [-0.15, -0.1) is 12.4 Å². The van der Waals surface area contributed by atoms with Crippen molar-refractivity contribution in [2.75, 3.05) is 0 Å². The summed E-state index contributed by atoms with van der Waals surface area (Å²) in [6, 6.07) is 3.21. The molecule has 0 amide bonds. The van der Waals surface area contributed by atoms with Gasteiger partial charge in [-0.05, 0) is 24.8 Å². The SMILES string of the molecule is CC(C)CCC(N)c1ccc(F)cc1F.Cl. The van der Waals surface area contributed by atoms with Crippen molar-refractivity contribution in [2.24, 2.45) is 11.7 Å². The molecular formula is C12H18ClF2N. The molecule has 1 aromatic rings. The van der Waals surface area contributed by atoms with E-state index in [9.17, 15) is 8.78 Å². The minimum atomic E-state index is -0.563. The van der Waals surface area contributed by atoms with Crippen LogP contribution in [0.3, 0.4) is 0 Å². The zero-order valence-electron chi connectivity index (χ0n) is 9.54. The highest BCUT2D eigenvalue weighted by molar-refractivity contribution is 5.85. The van der Waals surface area contributed by atoms with Gasteiger partial charge in [-0.25, -0.2) is 8.78 Å². The molecular weight excluding hydrogens is 232 g/mol. The summed E-state index contributed by atoms with van der Waals surface area (Å²) in [5.41, 5.74) is 6.23. The fourth-order valence-corrected chi connectivity index (χ4v) is 1.47. The molecule has 4 heteroatoms. The van der Waals surface area contributed by atoms with Crippen molar-refractivity contribution in [2.45, 2.75) is 32.7 Å². The maximum atomic E-state index is 13.3. The molecule has 1 nitrogen and oxygen atoms in total. The van der Waals surface area contributed by atoms with Crippen molar-refractivity contribution in [3.63, 3.8) is 0 Å². The lowest BCUT2D eigenvalue weighted by Gasteiger charge is -2.14. The summed E-state index contributed by atoms with van der Waals surface area (Å²) in [6.07, 6.45) is 1.66. The first-order chi connectivity index (χ1) is 7.00. The Morgan fingerprint density at radius 2 is 1.81 bits per heavy atom. The molecule has 0 saturated carbocycles. The lowest BCUT2D eigenvalue weighted by Crippen LogP contribution is -2.13. The highest BCUT2D eigenvalue weighted by Crippen LogP contribution is 2.21. The Morgan fingerprint density at radius 1 is 1.19 bits per heavy atom. The second-order valence-corrected chi connectivity index (χ2v) is 4.24. The molecule has 0 aromatic heterocycles. The second-order valence-electron chi connectivity index (χ2n) is 4.24. The first-order valence-corrected chi connectivity index (χ1v) is 5.21. The lowest BCUT2D eigenvalue weighted by molar-refractivity contribution is 0.487. The smallest absolute Gasteiger partial charge is 0.130 e. The van der Waals surface area contributed by atoms with Gasteiger partial charge < -0.3 is 5.73 Å². The zero-order valence-corrected chi connectivity index (χ0v) is 10.4. The maximum absolute atomic E-state index is 13.3. The number of halogens is 3. The van der Waals surface area contributed by atoms with E-state index in [2.05, 4.69) is 13.8 Å². The molecule has 1 aromatic carbocycles. The van der Waals surface area contributed by atoms with Crippen LogP contribution >= 0.6 is 12.4 Å². The Labute approximate surface area is 101 Å². The van der Waals surface area contributed by atoms with Crippen LogP contribution in [0.25, 0.3) is 0 Å². The van der Waals surface area contributed by atoms with Gasteiger partial charge in [0.05, 0.1) is 0 Å².